The van der Waals surface area contributed by atoms with Gasteiger partial charge in [-0.15, -0.1) is 0 Å². The third-order valence-electron chi connectivity index (χ3n) is 2.25. The first-order valence-corrected chi connectivity index (χ1v) is 6.38. The second-order valence-corrected chi connectivity index (χ2v) is 4.33. The van der Waals surface area contributed by atoms with Crippen molar-refractivity contribution in [1.29, 1.82) is 5.26 Å². The summed E-state index contributed by atoms with van der Waals surface area (Å²) in [5, 5.41) is 20.2. The topological polar surface area (TPSA) is 85.5 Å². The number of carbonyl (C=O) groups is 1. The molecule has 0 aliphatic heterocycles. The number of nitrogens with zero attached hydrogens (tertiary/aromatic N) is 2. The number of carboxylic acid groups (broad SMARTS) is 1. The van der Waals surface area contributed by atoms with Crippen molar-refractivity contribution in [3.05, 3.63) is 29.3 Å². The summed E-state index contributed by atoms with van der Waals surface area (Å²) in [7, 11) is 0. The van der Waals surface area contributed by atoms with E-state index in [-0.39, 0.29) is 6.42 Å². The minimum absolute atomic E-state index is 0.00164. The number of benzene rings is 1. The zero-order valence-corrected chi connectivity index (χ0v) is 10.9. The molecule has 0 saturated heterocycles. The zero-order chi connectivity index (χ0) is 13.5. The van der Waals surface area contributed by atoms with Gasteiger partial charge in [0.1, 0.15) is 0 Å². The van der Waals surface area contributed by atoms with Crippen LogP contribution in [0.4, 0.5) is 5.69 Å². The standard InChI is InChI=1S/C12H13N3O2S/c1-8-5-10(15-12(18-2)14-7-13)4-3-9(8)6-11(16)17/h3-5H,6H2,1-2H3,(H,14,15)(H,16,17). The molecule has 0 aromatic heterocycles. The number of aliphatic carboxylic acids is 1. The highest BCUT2D eigenvalue weighted by Gasteiger charge is 2.05. The Hall–Kier alpha value is -2.00. The van der Waals surface area contributed by atoms with Gasteiger partial charge in [-0.3, -0.25) is 10.1 Å². The molecular weight excluding hydrogens is 250 g/mol. The van der Waals surface area contributed by atoms with Crippen molar-refractivity contribution in [2.75, 3.05) is 6.26 Å². The fourth-order valence-electron chi connectivity index (χ4n) is 1.40. The molecule has 5 nitrogen and oxygen atoms in total. The Bertz CT molecular complexity index is 521. The van der Waals surface area contributed by atoms with Gasteiger partial charge < -0.3 is 5.11 Å². The van der Waals surface area contributed by atoms with Crippen molar-refractivity contribution in [3.63, 3.8) is 0 Å². The number of amidine groups is 1. The van der Waals surface area contributed by atoms with Crippen molar-refractivity contribution in [3.8, 4) is 6.19 Å². The van der Waals surface area contributed by atoms with Crippen LogP contribution in [-0.4, -0.2) is 22.5 Å². The average Bonchev–Trinajstić information content (AvgIpc) is 2.31. The Morgan fingerprint density at radius 1 is 1.61 bits per heavy atom. The molecular formula is C12H13N3O2S. The predicted molar refractivity (Wildman–Crippen MR) is 71.9 cm³/mol. The van der Waals surface area contributed by atoms with Crippen LogP contribution >= 0.6 is 11.8 Å². The molecule has 0 saturated carbocycles. The van der Waals surface area contributed by atoms with Gasteiger partial charge >= 0.3 is 5.97 Å². The van der Waals surface area contributed by atoms with E-state index < -0.39 is 5.97 Å². The zero-order valence-electron chi connectivity index (χ0n) is 10.1. The lowest BCUT2D eigenvalue weighted by Crippen LogP contribution is -2.12. The molecule has 0 radical (unpaired) electrons. The van der Waals surface area contributed by atoms with Crippen LogP contribution in [0.2, 0.25) is 0 Å². The molecule has 0 fully saturated rings. The van der Waals surface area contributed by atoms with E-state index in [1.807, 2.05) is 19.4 Å². The SMILES string of the molecule is CSC(=Nc1ccc(CC(=O)O)c(C)c1)NC#N. The van der Waals surface area contributed by atoms with Crippen LogP contribution in [-0.2, 0) is 11.2 Å². The molecule has 0 aliphatic carbocycles. The van der Waals surface area contributed by atoms with Crippen LogP contribution in [0.25, 0.3) is 0 Å². The van der Waals surface area contributed by atoms with E-state index in [1.165, 1.54) is 11.8 Å². The van der Waals surface area contributed by atoms with Gasteiger partial charge in [0.15, 0.2) is 11.4 Å². The fourth-order valence-corrected chi connectivity index (χ4v) is 1.74. The van der Waals surface area contributed by atoms with E-state index in [9.17, 15) is 4.79 Å². The summed E-state index contributed by atoms with van der Waals surface area (Å²) < 4.78 is 0. The van der Waals surface area contributed by atoms with Crippen LogP contribution in [0, 0.1) is 18.4 Å². The Morgan fingerprint density at radius 3 is 2.83 bits per heavy atom. The van der Waals surface area contributed by atoms with E-state index >= 15 is 0 Å². The fraction of sp³-hybridized carbons (Fsp3) is 0.250. The minimum Gasteiger partial charge on any atom is -0.481 e. The number of hydrogen-bond acceptors (Lipinski definition) is 4. The first-order chi connectivity index (χ1) is 8.56. The summed E-state index contributed by atoms with van der Waals surface area (Å²) in [5.74, 6) is -0.856. The molecule has 0 heterocycles. The predicted octanol–water partition coefficient (Wildman–Crippen LogP) is 2.04. The van der Waals surface area contributed by atoms with Gasteiger partial charge in [0, 0.05) is 0 Å². The highest BCUT2D eigenvalue weighted by Crippen LogP contribution is 2.19. The molecule has 0 aliphatic rings. The number of nitriles is 1. The molecule has 0 atom stereocenters. The van der Waals surface area contributed by atoms with E-state index in [4.69, 9.17) is 10.4 Å². The summed E-state index contributed by atoms with van der Waals surface area (Å²) in [6.45, 7) is 1.84. The Kier molecular flexibility index (Phi) is 5.21. The Labute approximate surface area is 110 Å². The summed E-state index contributed by atoms with van der Waals surface area (Å²) >= 11 is 1.33. The van der Waals surface area contributed by atoms with Crippen molar-refractivity contribution < 1.29 is 9.90 Å². The second kappa shape index (κ2) is 6.67. The molecule has 0 spiro atoms. The quantitative estimate of drug-likeness (QED) is 0.377. The van der Waals surface area contributed by atoms with Crippen molar-refractivity contribution in [2.45, 2.75) is 13.3 Å². The number of hydrogen-bond donors (Lipinski definition) is 2. The number of thioether (sulfide) groups is 1. The molecule has 94 valence electrons. The van der Waals surface area contributed by atoms with E-state index in [2.05, 4.69) is 10.3 Å². The van der Waals surface area contributed by atoms with Gasteiger partial charge in [-0.05, 0) is 36.4 Å². The van der Waals surface area contributed by atoms with Gasteiger partial charge in [0.05, 0.1) is 12.1 Å². The molecule has 1 rings (SSSR count). The van der Waals surface area contributed by atoms with Crippen LogP contribution in [0.1, 0.15) is 11.1 Å². The highest BCUT2D eigenvalue weighted by molar-refractivity contribution is 8.13. The number of aryl methyl sites for hydroxylation is 1. The van der Waals surface area contributed by atoms with E-state index in [0.717, 1.165) is 11.1 Å². The minimum atomic E-state index is -0.856. The number of carboxylic acids is 1. The Morgan fingerprint density at radius 2 is 2.33 bits per heavy atom. The number of aliphatic imine (C=N–C) groups is 1. The number of rotatable bonds is 3. The van der Waals surface area contributed by atoms with Gasteiger partial charge in [0.25, 0.3) is 0 Å². The molecule has 6 heteroatoms. The van der Waals surface area contributed by atoms with Gasteiger partial charge in [-0.25, -0.2) is 4.99 Å². The Balaban J connectivity index is 2.97. The molecule has 0 bridgehead atoms. The summed E-state index contributed by atoms with van der Waals surface area (Å²) in [6.07, 6.45) is 3.63. The smallest absolute Gasteiger partial charge is 0.307 e. The van der Waals surface area contributed by atoms with Gasteiger partial charge in [0.2, 0.25) is 0 Å². The normalized spacial score (nSPS) is 10.8. The van der Waals surface area contributed by atoms with Crippen molar-refractivity contribution in [2.24, 2.45) is 4.99 Å². The third kappa shape index (κ3) is 4.11. The maximum absolute atomic E-state index is 10.6. The average molecular weight is 263 g/mol. The third-order valence-corrected chi connectivity index (χ3v) is 2.83. The molecule has 1 aromatic rings. The monoisotopic (exact) mass is 263 g/mol. The summed E-state index contributed by atoms with van der Waals surface area (Å²) in [6, 6.07) is 5.28. The first-order valence-electron chi connectivity index (χ1n) is 5.16. The molecule has 1 aromatic carbocycles. The lowest BCUT2D eigenvalue weighted by atomic mass is 10.1. The number of nitrogens with one attached hydrogen (secondary N) is 1. The van der Waals surface area contributed by atoms with Crippen LogP contribution in [0.3, 0.4) is 0 Å². The van der Waals surface area contributed by atoms with Crippen LogP contribution in [0.5, 0.6) is 0 Å². The van der Waals surface area contributed by atoms with Crippen molar-refractivity contribution in [1.82, 2.24) is 5.32 Å². The van der Waals surface area contributed by atoms with Crippen molar-refractivity contribution >= 4 is 28.6 Å². The van der Waals surface area contributed by atoms with Crippen LogP contribution in [0.15, 0.2) is 23.2 Å². The van der Waals surface area contributed by atoms with Gasteiger partial charge in [-0.1, -0.05) is 17.8 Å². The molecule has 2 N–H and O–H groups in total. The van der Waals surface area contributed by atoms with E-state index in [1.54, 1.807) is 18.2 Å². The van der Waals surface area contributed by atoms with Gasteiger partial charge in [-0.2, -0.15) is 5.26 Å². The largest absolute Gasteiger partial charge is 0.481 e. The van der Waals surface area contributed by atoms with E-state index in [0.29, 0.717) is 10.9 Å². The summed E-state index contributed by atoms with van der Waals surface area (Å²) in [5.41, 5.74) is 2.32. The summed E-state index contributed by atoms with van der Waals surface area (Å²) in [4.78, 5) is 14.9. The second-order valence-electron chi connectivity index (χ2n) is 3.54. The first kappa shape index (κ1) is 14.1. The maximum atomic E-state index is 10.6. The lowest BCUT2D eigenvalue weighted by Gasteiger charge is -2.05. The molecule has 18 heavy (non-hydrogen) atoms. The lowest BCUT2D eigenvalue weighted by molar-refractivity contribution is -0.136. The molecule has 0 unspecified atom stereocenters. The highest BCUT2D eigenvalue weighted by atomic mass is 32.2. The van der Waals surface area contributed by atoms with Crippen LogP contribution < -0.4 is 5.32 Å². The molecule has 0 amide bonds. The maximum Gasteiger partial charge on any atom is 0.307 e.